The molecular formula is C18H30N2O. The molecule has 0 spiro atoms. The van der Waals surface area contributed by atoms with Crippen molar-refractivity contribution in [2.75, 3.05) is 6.54 Å². The molecule has 21 heavy (non-hydrogen) atoms. The van der Waals surface area contributed by atoms with Crippen molar-refractivity contribution in [3.63, 3.8) is 0 Å². The molecule has 3 nitrogen and oxygen atoms in total. The molecule has 4 bridgehead atoms. The molecule has 0 aromatic carbocycles. The highest BCUT2D eigenvalue weighted by Crippen LogP contribution is 2.66. The van der Waals surface area contributed by atoms with Crippen LogP contribution in [0.4, 0.5) is 0 Å². The van der Waals surface area contributed by atoms with Gasteiger partial charge < -0.3 is 10.6 Å². The summed E-state index contributed by atoms with van der Waals surface area (Å²) in [7, 11) is 0. The van der Waals surface area contributed by atoms with Crippen molar-refractivity contribution < 1.29 is 4.79 Å². The predicted molar refractivity (Wildman–Crippen MR) is 83.9 cm³/mol. The van der Waals surface area contributed by atoms with Crippen molar-refractivity contribution in [2.45, 2.75) is 83.2 Å². The van der Waals surface area contributed by atoms with Crippen LogP contribution in [0, 0.1) is 16.7 Å². The molecule has 3 unspecified atom stereocenters. The smallest absolute Gasteiger partial charge is 0.240 e. The van der Waals surface area contributed by atoms with Gasteiger partial charge in [0.1, 0.15) is 0 Å². The summed E-state index contributed by atoms with van der Waals surface area (Å²) in [5, 5.41) is 6.98. The largest absolute Gasteiger partial charge is 0.349 e. The third-order valence-electron chi connectivity index (χ3n) is 6.87. The van der Waals surface area contributed by atoms with E-state index in [1.165, 1.54) is 38.5 Å². The van der Waals surface area contributed by atoms with E-state index in [0.717, 1.165) is 25.3 Å². The second-order valence-electron chi connectivity index (χ2n) is 9.73. The summed E-state index contributed by atoms with van der Waals surface area (Å²) in [6.45, 7) is 7.99. The van der Waals surface area contributed by atoms with E-state index >= 15 is 0 Å². The topological polar surface area (TPSA) is 41.1 Å². The van der Waals surface area contributed by atoms with Crippen molar-refractivity contribution >= 4 is 5.91 Å². The minimum atomic E-state index is -0.328. The first kappa shape index (κ1) is 14.0. The zero-order valence-corrected chi connectivity index (χ0v) is 13.8. The van der Waals surface area contributed by atoms with E-state index in [1.807, 2.05) is 0 Å². The van der Waals surface area contributed by atoms with Gasteiger partial charge >= 0.3 is 0 Å². The van der Waals surface area contributed by atoms with E-state index in [1.54, 1.807) is 0 Å². The molecule has 1 saturated heterocycles. The van der Waals surface area contributed by atoms with E-state index in [0.29, 0.717) is 10.8 Å². The summed E-state index contributed by atoms with van der Waals surface area (Å²) < 4.78 is 0. The molecule has 0 radical (unpaired) electrons. The molecule has 5 fully saturated rings. The summed E-state index contributed by atoms with van der Waals surface area (Å²) in [5.74, 6) is 1.09. The second kappa shape index (κ2) is 4.04. The summed E-state index contributed by atoms with van der Waals surface area (Å²) in [4.78, 5) is 12.9. The summed E-state index contributed by atoms with van der Waals surface area (Å²) in [5.41, 5.74) is 0.690. The standard InChI is InChI=1S/C18H30N2O/c1-15-7-13-8-16(2,10-15)12-18(9-13,11-15)20-14(21)17(3)5-4-6-19-17/h13,19H,4-12H2,1-3H3,(H,20,21). The number of carbonyl (C=O) groups is 1. The maximum absolute atomic E-state index is 12.9. The molecule has 3 atom stereocenters. The van der Waals surface area contributed by atoms with Crippen molar-refractivity contribution in [1.29, 1.82) is 0 Å². The van der Waals surface area contributed by atoms with Crippen LogP contribution in [0.2, 0.25) is 0 Å². The molecule has 5 rings (SSSR count). The lowest BCUT2D eigenvalue weighted by Crippen LogP contribution is -2.68. The Bertz CT molecular complexity index is 462. The highest BCUT2D eigenvalue weighted by atomic mass is 16.2. The molecule has 1 aliphatic heterocycles. The summed E-state index contributed by atoms with van der Waals surface area (Å²) >= 11 is 0. The Morgan fingerprint density at radius 1 is 1.05 bits per heavy atom. The molecule has 5 aliphatic rings. The minimum Gasteiger partial charge on any atom is -0.349 e. The molecular weight excluding hydrogens is 260 g/mol. The first-order valence-corrected chi connectivity index (χ1v) is 8.82. The Labute approximate surface area is 128 Å². The average Bonchev–Trinajstić information content (AvgIpc) is 2.71. The van der Waals surface area contributed by atoms with Gasteiger partial charge in [0, 0.05) is 5.54 Å². The van der Waals surface area contributed by atoms with Gasteiger partial charge in [0.15, 0.2) is 0 Å². The van der Waals surface area contributed by atoms with E-state index < -0.39 is 0 Å². The number of rotatable bonds is 2. The zero-order chi connectivity index (χ0) is 14.9. The van der Waals surface area contributed by atoms with Gasteiger partial charge in [-0.25, -0.2) is 0 Å². The Hall–Kier alpha value is -0.570. The van der Waals surface area contributed by atoms with Crippen molar-refractivity contribution in [1.82, 2.24) is 10.6 Å². The van der Waals surface area contributed by atoms with Gasteiger partial charge in [-0.3, -0.25) is 4.79 Å². The number of nitrogens with one attached hydrogen (secondary N) is 2. The number of hydrogen-bond acceptors (Lipinski definition) is 2. The lowest BCUT2D eigenvalue weighted by Gasteiger charge is -2.65. The quantitative estimate of drug-likeness (QED) is 0.821. The number of hydrogen-bond donors (Lipinski definition) is 2. The molecule has 3 heteroatoms. The van der Waals surface area contributed by atoms with Crippen molar-refractivity contribution in [3.8, 4) is 0 Å². The van der Waals surface area contributed by atoms with Crippen LogP contribution in [0.1, 0.15) is 72.1 Å². The third-order valence-corrected chi connectivity index (χ3v) is 6.87. The summed E-state index contributed by atoms with van der Waals surface area (Å²) in [6, 6.07) is 0. The Balaban J connectivity index is 1.58. The van der Waals surface area contributed by atoms with Crippen LogP contribution < -0.4 is 10.6 Å². The van der Waals surface area contributed by atoms with Crippen LogP contribution >= 0.6 is 0 Å². The normalized spacial score (nSPS) is 54.9. The number of amides is 1. The first-order chi connectivity index (χ1) is 9.74. The van der Waals surface area contributed by atoms with Gasteiger partial charge in [0.05, 0.1) is 5.54 Å². The summed E-state index contributed by atoms with van der Waals surface area (Å²) in [6.07, 6.45) is 9.86. The molecule has 4 aliphatic carbocycles. The van der Waals surface area contributed by atoms with E-state index in [2.05, 4.69) is 31.4 Å². The van der Waals surface area contributed by atoms with Crippen LogP contribution in [0.25, 0.3) is 0 Å². The van der Waals surface area contributed by atoms with Gasteiger partial charge in [-0.1, -0.05) is 13.8 Å². The van der Waals surface area contributed by atoms with Gasteiger partial charge in [-0.15, -0.1) is 0 Å². The molecule has 0 aromatic heterocycles. The molecule has 1 amide bonds. The van der Waals surface area contributed by atoms with E-state index in [4.69, 9.17) is 0 Å². The second-order valence-corrected chi connectivity index (χ2v) is 9.73. The Morgan fingerprint density at radius 2 is 1.71 bits per heavy atom. The van der Waals surface area contributed by atoms with Gasteiger partial charge in [0.25, 0.3) is 0 Å². The molecule has 4 saturated carbocycles. The predicted octanol–water partition coefficient (Wildman–Crippen LogP) is 2.99. The van der Waals surface area contributed by atoms with Gasteiger partial charge in [0.2, 0.25) is 5.91 Å². The van der Waals surface area contributed by atoms with Crippen molar-refractivity contribution in [3.05, 3.63) is 0 Å². The Kier molecular flexibility index (Phi) is 2.70. The molecule has 2 N–H and O–H groups in total. The van der Waals surface area contributed by atoms with E-state index in [-0.39, 0.29) is 17.0 Å². The number of carbonyl (C=O) groups excluding carboxylic acids is 1. The fraction of sp³-hybridized carbons (Fsp3) is 0.944. The van der Waals surface area contributed by atoms with Gasteiger partial charge in [-0.05, 0) is 81.6 Å². The lowest BCUT2D eigenvalue weighted by molar-refractivity contribution is -0.143. The van der Waals surface area contributed by atoms with Crippen LogP contribution in [-0.4, -0.2) is 23.5 Å². The molecule has 0 aromatic rings. The van der Waals surface area contributed by atoms with Crippen LogP contribution in [0.3, 0.4) is 0 Å². The average molecular weight is 290 g/mol. The Morgan fingerprint density at radius 3 is 2.24 bits per heavy atom. The fourth-order valence-corrected chi connectivity index (χ4v) is 7.05. The fourth-order valence-electron chi connectivity index (χ4n) is 7.05. The highest BCUT2D eigenvalue weighted by Gasteiger charge is 2.61. The monoisotopic (exact) mass is 290 g/mol. The maximum atomic E-state index is 12.9. The lowest BCUT2D eigenvalue weighted by atomic mass is 9.42. The van der Waals surface area contributed by atoms with Crippen LogP contribution in [0.15, 0.2) is 0 Å². The van der Waals surface area contributed by atoms with Crippen molar-refractivity contribution in [2.24, 2.45) is 16.7 Å². The zero-order valence-electron chi connectivity index (χ0n) is 13.8. The highest BCUT2D eigenvalue weighted by molar-refractivity contribution is 5.87. The minimum absolute atomic E-state index is 0.0906. The molecule has 1 heterocycles. The van der Waals surface area contributed by atoms with Crippen LogP contribution in [-0.2, 0) is 4.79 Å². The maximum Gasteiger partial charge on any atom is 0.240 e. The van der Waals surface area contributed by atoms with Crippen LogP contribution in [0.5, 0.6) is 0 Å². The third kappa shape index (κ3) is 2.15. The first-order valence-electron chi connectivity index (χ1n) is 8.82. The van der Waals surface area contributed by atoms with Gasteiger partial charge in [-0.2, -0.15) is 0 Å². The SMILES string of the molecule is CC12CC3CC(C)(C1)CC(NC(=O)C1(C)CCCN1)(C3)C2. The molecule has 118 valence electrons. The van der Waals surface area contributed by atoms with E-state index in [9.17, 15) is 4.79 Å².